The molecule has 0 aromatic heterocycles. The minimum Gasteiger partial charge on any atom is -0.488 e. The van der Waals surface area contributed by atoms with Crippen LogP contribution in [0.1, 0.15) is 49.9 Å². The van der Waals surface area contributed by atoms with E-state index < -0.39 is 0 Å². The summed E-state index contributed by atoms with van der Waals surface area (Å²) >= 11 is 0. The van der Waals surface area contributed by atoms with Gasteiger partial charge in [-0.15, -0.1) is 0 Å². The molecule has 1 heterocycles. The molecule has 0 amide bonds. The predicted molar refractivity (Wildman–Crippen MR) is 66.8 cm³/mol. The molecule has 0 spiro atoms. The Morgan fingerprint density at radius 3 is 2.69 bits per heavy atom. The molecule has 0 saturated carbocycles. The Kier molecular flexibility index (Phi) is 2.70. The summed E-state index contributed by atoms with van der Waals surface area (Å²) in [6.07, 6.45) is 2.16. The van der Waals surface area contributed by atoms with E-state index in [-0.39, 0.29) is 11.6 Å². The summed E-state index contributed by atoms with van der Waals surface area (Å²) in [4.78, 5) is 0. The van der Waals surface area contributed by atoms with E-state index in [1.807, 2.05) is 6.92 Å². The molecule has 2 heteroatoms. The van der Waals surface area contributed by atoms with Crippen molar-refractivity contribution >= 4 is 0 Å². The van der Waals surface area contributed by atoms with Crippen LogP contribution in [0.2, 0.25) is 0 Å². The van der Waals surface area contributed by atoms with Gasteiger partial charge in [-0.1, -0.05) is 6.07 Å². The van der Waals surface area contributed by atoms with Gasteiger partial charge in [0.1, 0.15) is 11.4 Å². The lowest BCUT2D eigenvalue weighted by molar-refractivity contribution is 0.0844. The maximum absolute atomic E-state index is 5.99. The van der Waals surface area contributed by atoms with Crippen LogP contribution in [-0.4, -0.2) is 5.60 Å². The maximum atomic E-state index is 5.99. The van der Waals surface area contributed by atoms with E-state index >= 15 is 0 Å². The molecular weight excluding hydrogens is 198 g/mol. The quantitative estimate of drug-likeness (QED) is 0.787. The lowest BCUT2D eigenvalue weighted by atomic mass is 9.88. The average molecular weight is 219 g/mol. The van der Waals surface area contributed by atoms with Crippen molar-refractivity contribution < 1.29 is 4.74 Å². The molecule has 0 radical (unpaired) electrons. The Balaban J connectivity index is 2.45. The van der Waals surface area contributed by atoms with Crippen LogP contribution < -0.4 is 10.5 Å². The highest BCUT2D eigenvalue weighted by molar-refractivity contribution is 5.47. The molecule has 1 aromatic carbocycles. The lowest BCUT2D eigenvalue weighted by Crippen LogP contribution is -2.33. The number of hydrogen-bond acceptors (Lipinski definition) is 2. The topological polar surface area (TPSA) is 35.2 Å². The Labute approximate surface area is 97.8 Å². The van der Waals surface area contributed by atoms with Gasteiger partial charge in [-0.25, -0.2) is 0 Å². The molecule has 2 rings (SSSR count). The molecule has 1 aliphatic heterocycles. The van der Waals surface area contributed by atoms with Crippen LogP contribution >= 0.6 is 0 Å². The highest BCUT2D eigenvalue weighted by Gasteiger charge is 2.28. The van der Waals surface area contributed by atoms with E-state index in [4.69, 9.17) is 10.5 Å². The minimum atomic E-state index is -0.0325. The van der Waals surface area contributed by atoms with Gasteiger partial charge in [0, 0.05) is 6.04 Å². The van der Waals surface area contributed by atoms with Crippen molar-refractivity contribution in [2.24, 2.45) is 5.73 Å². The van der Waals surface area contributed by atoms with Crippen LogP contribution in [0.3, 0.4) is 0 Å². The molecule has 0 aliphatic carbocycles. The minimum absolute atomic E-state index is 0.0325. The van der Waals surface area contributed by atoms with Crippen LogP contribution in [0, 0.1) is 6.92 Å². The number of ether oxygens (including phenoxy) is 1. The van der Waals surface area contributed by atoms with Gasteiger partial charge < -0.3 is 10.5 Å². The molecule has 2 nitrogen and oxygen atoms in total. The summed E-state index contributed by atoms with van der Waals surface area (Å²) < 4.78 is 5.99. The van der Waals surface area contributed by atoms with E-state index in [0.29, 0.717) is 0 Å². The molecule has 88 valence electrons. The van der Waals surface area contributed by atoms with Crippen LogP contribution in [0.25, 0.3) is 0 Å². The lowest BCUT2D eigenvalue weighted by Gasteiger charge is -2.34. The van der Waals surface area contributed by atoms with Crippen LogP contribution in [0.15, 0.2) is 12.1 Å². The van der Waals surface area contributed by atoms with Crippen molar-refractivity contribution in [2.45, 2.75) is 52.2 Å². The van der Waals surface area contributed by atoms with Crippen LogP contribution in [-0.2, 0) is 6.42 Å². The molecular formula is C14H21NO. The number of rotatable bonds is 1. The number of fused-ring (bicyclic) bond motifs is 1. The predicted octanol–water partition coefficient (Wildman–Crippen LogP) is 3.12. The first-order valence-corrected chi connectivity index (χ1v) is 5.98. The smallest absolute Gasteiger partial charge is 0.123 e. The van der Waals surface area contributed by atoms with Crippen LogP contribution in [0.5, 0.6) is 5.75 Å². The van der Waals surface area contributed by atoms with Crippen molar-refractivity contribution in [1.29, 1.82) is 0 Å². The Morgan fingerprint density at radius 1 is 1.38 bits per heavy atom. The molecule has 2 N–H and O–H groups in total. The fourth-order valence-corrected chi connectivity index (χ4v) is 2.42. The summed E-state index contributed by atoms with van der Waals surface area (Å²) in [5.41, 5.74) is 9.82. The second-order valence-corrected chi connectivity index (χ2v) is 5.41. The molecule has 1 aromatic rings. The highest BCUT2D eigenvalue weighted by atomic mass is 16.5. The van der Waals surface area contributed by atoms with Crippen molar-refractivity contribution in [3.05, 3.63) is 28.8 Å². The van der Waals surface area contributed by atoms with E-state index in [9.17, 15) is 0 Å². The zero-order chi connectivity index (χ0) is 11.9. The Morgan fingerprint density at radius 2 is 2.06 bits per heavy atom. The van der Waals surface area contributed by atoms with E-state index in [1.165, 1.54) is 16.7 Å². The summed E-state index contributed by atoms with van der Waals surface area (Å²) in [5.74, 6) is 1.04. The number of nitrogens with two attached hydrogens (primary N) is 1. The van der Waals surface area contributed by atoms with Gasteiger partial charge in [0.15, 0.2) is 0 Å². The number of benzene rings is 1. The highest BCUT2D eigenvalue weighted by Crippen LogP contribution is 2.36. The van der Waals surface area contributed by atoms with Gasteiger partial charge >= 0.3 is 0 Å². The first kappa shape index (κ1) is 11.5. The average Bonchev–Trinajstić information content (AvgIpc) is 2.15. The van der Waals surface area contributed by atoms with Crippen molar-refractivity contribution in [3.63, 3.8) is 0 Å². The summed E-state index contributed by atoms with van der Waals surface area (Å²) in [7, 11) is 0. The van der Waals surface area contributed by atoms with E-state index in [1.54, 1.807) is 0 Å². The molecule has 0 fully saturated rings. The summed E-state index contributed by atoms with van der Waals surface area (Å²) in [6.45, 7) is 8.47. The second-order valence-electron chi connectivity index (χ2n) is 5.41. The fraction of sp³-hybridized carbons (Fsp3) is 0.571. The first-order valence-electron chi connectivity index (χ1n) is 5.98. The third kappa shape index (κ3) is 1.94. The summed E-state index contributed by atoms with van der Waals surface area (Å²) in [5, 5.41) is 0. The SMILES string of the molecule is Cc1c(C(C)N)ccc2c1CCC(C)(C)O2. The van der Waals surface area contributed by atoms with E-state index in [2.05, 4.69) is 32.9 Å². The number of hydrogen-bond donors (Lipinski definition) is 1. The Hall–Kier alpha value is -1.02. The third-order valence-electron chi connectivity index (χ3n) is 3.45. The van der Waals surface area contributed by atoms with Crippen molar-refractivity contribution in [1.82, 2.24) is 0 Å². The first-order chi connectivity index (χ1) is 7.41. The molecule has 0 saturated heterocycles. The molecule has 1 aliphatic rings. The molecule has 1 unspecified atom stereocenters. The van der Waals surface area contributed by atoms with Crippen molar-refractivity contribution in [3.8, 4) is 5.75 Å². The normalized spacial score (nSPS) is 19.8. The summed E-state index contributed by atoms with van der Waals surface area (Å²) in [6, 6.07) is 4.27. The van der Waals surface area contributed by atoms with Gasteiger partial charge in [-0.2, -0.15) is 0 Å². The second kappa shape index (κ2) is 3.77. The van der Waals surface area contributed by atoms with Crippen LogP contribution in [0.4, 0.5) is 0 Å². The zero-order valence-electron chi connectivity index (χ0n) is 10.6. The van der Waals surface area contributed by atoms with Gasteiger partial charge in [0.25, 0.3) is 0 Å². The monoisotopic (exact) mass is 219 g/mol. The standard InChI is InChI=1S/C14H21NO/c1-9-11(10(2)15)5-6-13-12(9)7-8-14(3,4)16-13/h5-6,10H,7-8,15H2,1-4H3. The molecule has 16 heavy (non-hydrogen) atoms. The molecule has 1 atom stereocenters. The van der Waals surface area contributed by atoms with Gasteiger partial charge in [-0.3, -0.25) is 0 Å². The molecule has 0 bridgehead atoms. The van der Waals surface area contributed by atoms with E-state index in [0.717, 1.165) is 18.6 Å². The van der Waals surface area contributed by atoms with Gasteiger partial charge in [0.2, 0.25) is 0 Å². The maximum Gasteiger partial charge on any atom is 0.123 e. The van der Waals surface area contributed by atoms with Gasteiger partial charge in [0.05, 0.1) is 0 Å². The zero-order valence-corrected chi connectivity index (χ0v) is 10.6. The van der Waals surface area contributed by atoms with Gasteiger partial charge in [-0.05, 0) is 63.3 Å². The Bertz CT molecular complexity index is 407. The third-order valence-corrected chi connectivity index (χ3v) is 3.45. The fourth-order valence-electron chi connectivity index (χ4n) is 2.42. The van der Waals surface area contributed by atoms with Crippen molar-refractivity contribution in [2.75, 3.05) is 0 Å². The largest absolute Gasteiger partial charge is 0.488 e.